The van der Waals surface area contributed by atoms with Crippen molar-refractivity contribution in [3.05, 3.63) is 0 Å². The zero-order valence-corrected chi connectivity index (χ0v) is 11.2. The second kappa shape index (κ2) is 7.05. The first-order chi connectivity index (χ1) is 3.41. The Morgan fingerprint density at radius 3 is 1.86 bits per heavy atom. The van der Waals surface area contributed by atoms with Gasteiger partial charge in [0.1, 0.15) is 0 Å². The summed E-state index contributed by atoms with van der Waals surface area (Å²) in [5.41, 5.74) is 0. The molecule has 1 nitrogen and oxygen atoms in total. The first-order valence-electron chi connectivity index (χ1n) is 2.99. The molecule has 0 amide bonds. The van der Waals surface area contributed by atoms with E-state index in [4.69, 9.17) is 2.79 Å². The number of rotatable bonds is 4. The predicted molar refractivity (Wildman–Crippen MR) is 39.1 cm³/mol. The molecule has 0 saturated heterocycles. The van der Waals surface area contributed by atoms with Gasteiger partial charge in [-0.05, 0) is 0 Å². The molecule has 0 aliphatic rings. The molecule has 0 atom stereocenters. The summed E-state index contributed by atoms with van der Waals surface area (Å²) in [5, 5.41) is 2.75. The molecule has 0 saturated carbocycles. The van der Waals surface area contributed by atoms with Crippen molar-refractivity contribution in [3.63, 3.8) is 0 Å². The predicted octanol–water partition coefficient (Wildman–Crippen LogP) is 0.0470. The van der Waals surface area contributed by atoms with Crippen LogP contribution in [0.2, 0.25) is 10.5 Å². The first kappa shape index (κ1) is 8.05. The van der Waals surface area contributed by atoms with Crippen molar-refractivity contribution in [2.75, 3.05) is 0 Å². The van der Waals surface area contributed by atoms with Gasteiger partial charge in [-0.1, -0.05) is 0 Å². The molecule has 3 heteroatoms. The Balaban J connectivity index is 2.45. The molecular formula is C4H14Ge2O. The molecule has 0 N–H and O–H groups in total. The third kappa shape index (κ3) is 7.05. The van der Waals surface area contributed by atoms with Gasteiger partial charge in [0, 0.05) is 0 Å². The van der Waals surface area contributed by atoms with Crippen LogP contribution in [0.3, 0.4) is 0 Å². The maximum absolute atomic E-state index is 5.51. The van der Waals surface area contributed by atoms with Crippen molar-refractivity contribution in [2.45, 2.75) is 24.4 Å². The minimum absolute atomic E-state index is 0.361. The van der Waals surface area contributed by atoms with Gasteiger partial charge in [0.2, 0.25) is 0 Å². The fourth-order valence-corrected chi connectivity index (χ4v) is 10.5. The Hall–Kier alpha value is 1.05. The molecular weight excluding hydrogens is 209 g/mol. The van der Waals surface area contributed by atoms with E-state index in [1.807, 2.05) is 0 Å². The summed E-state index contributed by atoms with van der Waals surface area (Å²) in [4.78, 5) is 0. The monoisotopic (exact) mass is 226 g/mol. The third-order valence-corrected chi connectivity index (χ3v) is 9.92. The van der Waals surface area contributed by atoms with Gasteiger partial charge in [0.05, 0.1) is 0 Å². The van der Waals surface area contributed by atoms with Crippen LogP contribution in [0.15, 0.2) is 0 Å². The van der Waals surface area contributed by atoms with Crippen molar-refractivity contribution in [2.24, 2.45) is 0 Å². The van der Waals surface area contributed by atoms with Gasteiger partial charge in [-0.3, -0.25) is 0 Å². The molecule has 0 aromatic rings. The summed E-state index contributed by atoms with van der Waals surface area (Å²) in [5.74, 6) is 0. The van der Waals surface area contributed by atoms with Crippen LogP contribution in [0.5, 0.6) is 0 Å². The molecule has 0 aromatic heterocycles. The molecule has 0 spiro atoms. The standard InChI is InChI=1S/C4H14Ge2O/c1-3-5-7-6-4-2/h3-6H2,1-2H3. The Kier molecular flexibility index (Phi) is 8.10. The normalized spacial score (nSPS) is 12.9. The molecule has 0 fully saturated rings. The summed E-state index contributed by atoms with van der Waals surface area (Å²) >= 11 is -0.722. The summed E-state index contributed by atoms with van der Waals surface area (Å²) in [7, 11) is 0. The van der Waals surface area contributed by atoms with E-state index in [0.717, 1.165) is 0 Å². The van der Waals surface area contributed by atoms with Crippen LogP contribution in [-0.4, -0.2) is 31.5 Å². The Labute approximate surface area is 58.8 Å². The van der Waals surface area contributed by atoms with Crippen molar-refractivity contribution in [3.8, 4) is 0 Å². The minimum atomic E-state index is -0.361. The molecule has 44 valence electrons. The number of hydrogen-bond acceptors (Lipinski definition) is 1. The fraction of sp³-hybridized carbons (Fsp3) is 1.00. The molecule has 0 rings (SSSR count). The first-order valence-corrected chi connectivity index (χ1v) is 9.61. The van der Waals surface area contributed by atoms with Crippen LogP contribution < -0.4 is 0 Å². The topological polar surface area (TPSA) is 9.23 Å². The van der Waals surface area contributed by atoms with Crippen LogP contribution in [0.1, 0.15) is 13.8 Å². The van der Waals surface area contributed by atoms with Gasteiger partial charge in [-0.15, -0.1) is 0 Å². The fourth-order valence-electron chi connectivity index (χ4n) is 0.391. The van der Waals surface area contributed by atoms with Gasteiger partial charge in [-0.2, -0.15) is 0 Å². The Bertz CT molecular complexity index is 28.9. The van der Waals surface area contributed by atoms with Gasteiger partial charge >= 0.3 is 58.7 Å². The molecule has 0 heterocycles. The van der Waals surface area contributed by atoms with E-state index in [-0.39, 0.29) is 31.5 Å². The average molecular weight is 223 g/mol. The summed E-state index contributed by atoms with van der Waals surface area (Å²) < 4.78 is 5.51. The van der Waals surface area contributed by atoms with Gasteiger partial charge in [0.25, 0.3) is 0 Å². The Morgan fingerprint density at radius 2 is 1.57 bits per heavy atom. The van der Waals surface area contributed by atoms with Crippen LogP contribution in [0, 0.1) is 0 Å². The van der Waals surface area contributed by atoms with Crippen molar-refractivity contribution in [1.29, 1.82) is 0 Å². The third-order valence-electron chi connectivity index (χ3n) is 0.697. The quantitative estimate of drug-likeness (QED) is 0.483. The number of hydrogen-bond donors (Lipinski definition) is 0. The Morgan fingerprint density at radius 1 is 1.14 bits per heavy atom. The van der Waals surface area contributed by atoms with Crippen LogP contribution in [0.25, 0.3) is 0 Å². The zero-order chi connectivity index (χ0) is 5.54. The average Bonchev–Trinajstić information content (AvgIpc) is 1.69. The molecule has 0 aliphatic heterocycles. The van der Waals surface area contributed by atoms with Crippen LogP contribution >= 0.6 is 0 Å². The summed E-state index contributed by atoms with van der Waals surface area (Å²) in [6, 6.07) is 0. The van der Waals surface area contributed by atoms with E-state index in [2.05, 4.69) is 13.8 Å². The van der Waals surface area contributed by atoms with Crippen molar-refractivity contribution < 1.29 is 2.79 Å². The molecule has 0 unspecified atom stereocenters. The van der Waals surface area contributed by atoms with Crippen molar-refractivity contribution in [1.82, 2.24) is 0 Å². The zero-order valence-electron chi connectivity index (χ0n) is 5.24. The van der Waals surface area contributed by atoms with Gasteiger partial charge in [0.15, 0.2) is 0 Å². The summed E-state index contributed by atoms with van der Waals surface area (Å²) in [6.45, 7) is 4.47. The van der Waals surface area contributed by atoms with Crippen LogP contribution in [-0.2, 0) is 2.79 Å². The van der Waals surface area contributed by atoms with E-state index in [9.17, 15) is 0 Å². The SMILES string of the molecule is C[CH2][GeH2][O][GeH2][CH2]C. The maximum atomic E-state index is 5.51. The van der Waals surface area contributed by atoms with E-state index < -0.39 is 0 Å². The van der Waals surface area contributed by atoms with Crippen molar-refractivity contribution >= 4 is 31.5 Å². The van der Waals surface area contributed by atoms with E-state index in [1.165, 1.54) is 10.5 Å². The van der Waals surface area contributed by atoms with Gasteiger partial charge in [-0.25, -0.2) is 0 Å². The summed E-state index contributed by atoms with van der Waals surface area (Å²) in [6.07, 6.45) is 0. The van der Waals surface area contributed by atoms with E-state index in [1.54, 1.807) is 0 Å². The molecule has 7 heavy (non-hydrogen) atoms. The van der Waals surface area contributed by atoms with Gasteiger partial charge < -0.3 is 0 Å². The molecule has 0 aliphatic carbocycles. The van der Waals surface area contributed by atoms with Crippen LogP contribution in [0.4, 0.5) is 0 Å². The second-order valence-corrected chi connectivity index (χ2v) is 12.8. The second-order valence-electron chi connectivity index (χ2n) is 1.61. The van der Waals surface area contributed by atoms with E-state index in [0.29, 0.717) is 0 Å². The molecule has 0 bridgehead atoms. The molecule has 0 aromatic carbocycles. The molecule has 0 radical (unpaired) electrons. The van der Waals surface area contributed by atoms with E-state index >= 15 is 0 Å².